The van der Waals surface area contributed by atoms with E-state index in [9.17, 15) is 9.59 Å². The largest absolute Gasteiger partial charge is 0.497 e. The summed E-state index contributed by atoms with van der Waals surface area (Å²) in [7, 11) is 1.57. The van der Waals surface area contributed by atoms with Crippen LogP contribution in [0, 0.1) is 5.41 Å². The molecule has 0 aliphatic carbocycles. The highest BCUT2D eigenvalue weighted by Gasteiger charge is 2.28. The van der Waals surface area contributed by atoms with E-state index in [2.05, 4.69) is 26.6 Å². The van der Waals surface area contributed by atoms with Crippen molar-refractivity contribution in [2.45, 2.75) is 32.0 Å². The number of carbonyl (C=O) groups is 2. The van der Waals surface area contributed by atoms with Crippen LogP contribution in [0.3, 0.4) is 0 Å². The van der Waals surface area contributed by atoms with E-state index in [1.165, 1.54) is 0 Å². The molecule has 0 aliphatic heterocycles. The molecule has 6 heteroatoms. The van der Waals surface area contributed by atoms with Gasteiger partial charge in [-0.05, 0) is 17.5 Å². The summed E-state index contributed by atoms with van der Waals surface area (Å²) in [5.41, 5.74) is 0.496. The topological polar surface area (TPSA) is 67.4 Å². The van der Waals surface area contributed by atoms with Crippen molar-refractivity contribution in [1.29, 1.82) is 0 Å². The van der Waals surface area contributed by atoms with Gasteiger partial charge in [0.2, 0.25) is 11.8 Å². The molecule has 1 atom stereocenters. The zero-order valence-electron chi connectivity index (χ0n) is 13.4. The Morgan fingerprint density at radius 1 is 1.32 bits per heavy atom. The number of benzene rings is 1. The van der Waals surface area contributed by atoms with Gasteiger partial charge in [-0.25, -0.2) is 0 Å². The van der Waals surface area contributed by atoms with E-state index >= 15 is 0 Å². The molecule has 1 aromatic carbocycles. The smallest absolute Gasteiger partial charge is 0.234 e. The fraction of sp³-hybridized carbons (Fsp3) is 0.500. The van der Waals surface area contributed by atoms with Crippen molar-refractivity contribution in [2.75, 3.05) is 19.0 Å². The molecule has 0 saturated heterocycles. The highest BCUT2D eigenvalue weighted by Crippen LogP contribution is 2.25. The molecule has 1 rings (SSSR count). The standard InChI is InChI=1S/C16H23BrN2O3/c1-16(2,3)14(17)15(21)18-9-8-13(20)19-11-6-5-7-12(10-11)22-4/h5-7,10,14H,8-9H2,1-4H3,(H,18,21)(H,19,20). The Morgan fingerprint density at radius 3 is 2.59 bits per heavy atom. The maximum absolute atomic E-state index is 11.9. The monoisotopic (exact) mass is 370 g/mol. The predicted molar refractivity (Wildman–Crippen MR) is 91.4 cm³/mol. The molecule has 0 aliphatic rings. The first-order valence-corrected chi connectivity index (χ1v) is 8.01. The number of methoxy groups -OCH3 is 1. The average Bonchev–Trinajstić information content (AvgIpc) is 2.45. The van der Waals surface area contributed by atoms with E-state index in [0.717, 1.165) is 0 Å². The molecule has 0 aromatic heterocycles. The number of nitrogens with one attached hydrogen (secondary N) is 2. The van der Waals surface area contributed by atoms with Gasteiger partial charge in [0.15, 0.2) is 0 Å². The minimum atomic E-state index is -0.290. The zero-order chi connectivity index (χ0) is 16.8. The third-order valence-electron chi connectivity index (χ3n) is 3.00. The molecule has 2 N–H and O–H groups in total. The fourth-order valence-electron chi connectivity index (χ4n) is 1.71. The van der Waals surface area contributed by atoms with Gasteiger partial charge in [-0.1, -0.05) is 42.8 Å². The molecular formula is C16H23BrN2O3. The highest BCUT2D eigenvalue weighted by atomic mass is 79.9. The van der Waals surface area contributed by atoms with E-state index in [0.29, 0.717) is 18.0 Å². The van der Waals surface area contributed by atoms with Gasteiger partial charge in [-0.15, -0.1) is 0 Å². The van der Waals surface area contributed by atoms with Crippen LogP contribution < -0.4 is 15.4 Å². The summed E-state index contributed by atoms with van der Waals surface area (Å²) in [6, 6.07) is 7.13. The second-order valence-corrected chi connectivity index (χ2v) is 6.97. The Morgan fingerprint density at radius 2 is 2.00 bits per heavy atom. The van der Waals surface area contributed by atoms with Crippen LogP contribution in [0.4, 0.5) is 5.69 Å². The van der Waals surface area contributed by atoms with E-state index in [-0.39, 0.29) is 28.5 Å². The number of hydrogen-bond acceptors (Lipinski definition) is 3. The molecule has 0 spiro atoms. The molecule has 0 bridgehead atoms. The molecule has 0 heterocycles. The second kappa shape index (κ2) is 8.17. The van der Waals surface area contributed by atoms with E-state index in [1.807, 2.05) is 20.8 Å². The van der Waals surface area contributed by atoms with Gasteiger partial charge in [-0.3, -0.25) is 9.59 Å². The summed E-state index contributed by atoms with van der Waals surface area (Å²) in [6.45, 7) is 6.22. The molecule has 122 valence electrons. The van der Waals surface area contributed by atoms with Crippen molar-refractivity contribution in [2.24, 2.45) is 5.41 Å². The van der Waals surface area contributed by atoms with Gasteiger partial charge in [0.25, 0.3) is 0 Å². The van der Waals surface area contributed by atoms with E-state index in [4.69, 9.17) is 4.74 Å². The lowest BCUT2D eigenvalue weighted by Crippen LogP contribution is -2.39. The highest BCUT2D eigenvalue weighted by molar-refractivity contribution is 9.10. The minimum absolute atomic E-state index is 0.110. The SMILES string of the molecule is COc1cccc(NC(=O)CCNC(=O)C(Br)C(C)(C)C)c1. The number of carbonyl (C=O) groups excluding carboxylic acids is 2. The fourth-order valence-corrected chi connectivity index (χ4v) is 1.87. The van der Waals surface area contributed by atoms with Crippen molar-refractivity contribution in [3.63, 3.8) is 0 Å². The number of halogens is 1. The first-order valence-electron chi connectivity index (χ1n) is 7.09. The first kappa shape index (κ1) is 18.5. The Kier molecular flexibility index (Phi) is 6.87. The van der Waals surface area contributed by atoms with Crippen molar-refractivity contribution in [3.8, 4) is 5.75 Å². The van der Waals surface area contributed by atoms with E-state index < -0.39 is 0 Å². The lowest BCUT2D eigenvalue weighted by molar-refractivity contribution is -0.122. The maximum atomic E-state index is 11.9. The number of ether oxygens (including phenoxy) is 1. The van der Waals surface area contributed by atoms with Gasteiger partial charge in [0.05, 0.1) is 11.9 Å². The number of hydrogen-bond donors (Lipinski definition) is 2. The lowest BCUT2D eigenvalue weighted by Gasteiger charge is -2.24. The summed E-state index contributed by atoms with van der Waals surface area (Å²) in [5, 5.41) is 5.52. The second-order valence-electron chi connectivity index (χ2n) is 6.05. The van der Waals surface area contributed by atoms with Crippen molar-refractivity contribution in [3.05, 3.63) is 24.3 Å². The lowest BCUT2D eigenvalue weighted by atomic mass is 9.92. The van der Waals surface area contributed by atoms with Crippen molar-refractivity contribution < 1.29 is 14.3 Å². The van der Waals surface area contributed by atoms with E-state index in [1.54, 1.807) is 31.4 Å². The van der Waals surface area contributed by atoms with Crippen LogP contribution in [0.15, 0.2) is 24.3 Å². The molecule has 1 aromatic rings. The Labute approximate surface area is 139 Å². The summed E-state index contributed by atoms with van der Waals surface area (Å²) in [4.78, 5) is 23.5. The van der Waals surface area contributed by atoms with Crippen LogP contribution in [0.25, 0.3) is 0 Å². The Hall–Kier alpha value is -1.56. The van der Waals surface area contributed by atoms with Crippen LogP contribution in [-0.4, -0.2) is 30.3 Å². The number of rotatable bonds is 6. The molecule has 0 fully saturated rings. The van der Waals surface area contributed by atoms with Crippen LogP contribution in [0.2, 0.25) is 0 Å². The summed E-state index contributed by atoms with van der Waals surface area (Å²) >= 11 is 3.37. The quantitative estimate of drug-likeness (QED) is 0.756. The van der Waals surface area contributed by atoms with Gasteiger partial charge in [0, 0.05) is 24.7 Å². The normalized spacial score (nSPS) is 12.4. The zero-order valence-corrected chi connectivity index (χ0v) is 15.0. The van der Waals surface area contributed by atoms with Gasteiger partial charge in [-0.2, -0.15) is 0 Å². The summed E-state index contributed by atoms with van der Waals surface area (Å²) < 4.78 is 5.09. The molecule has 22 heavy (non-hydrogen) atoms. The third-order valence-corrected chi connectivity index (χ3v) is 4.78. The maximum Gasteiger partial charge on any atom is 0.234 e. The summed E-state index contributed by atoms with van der Waals surface area (Å²) in [6.07, 6.45) is 0.215. The Balaban J connectivity index is 2.39. The molecule has 5 nitrogen and oxygen atoms in total. The molecule has 1 unspecified atom stereocenters. The minimum Gasteiger partial charge on any atom is -0.497 e. The van der Waals surface area contributed by atoms with Crippen LogP contribution >= 0.6 is 15.9 Å². The van der Waals surface area contributed by atoms with Crippen molar-refractivity contribution in [1.82, 2.24) is 5.32 Å². The first-order chi connectivity index (χ1) is 10.2. The van der Waals surface area contributed by atoms with Gasteiger partial charge in [0.1, 0.15) is 5.75 Å². The number of amides is 2. The van der Waals surface area contributed by atoms with Crippen LogP contribution in [0.5, 0.6) is 5.75 Å². The molecule has 0 saturated carbocycles. The third kappa shape index (κ3) is 6.05. The van der Waals surface area contributed by atoms with Gasteiger partial charge >= 0.3 is 0 Å². The average molecular weight is 371 g/mol. The molecular weight excluding hydrogens is 348 g/mol. The Bertz CT molecular complexity index is 526. The number of anilines is 1. The summed E-state index contributed by atoms with van der Waals surface area (Å²) in [5.74, 6) is 0.413. The van der Waals surface area contributed by atoms with Crippen molar-refractivity contribution >= 4 is 33.4 Å². The predicted octanol–water partition coefficient (Wildman–Crippen LogP) is 2.95. The molecule has 0 radical (unpaired) electrons. The number of alkyl halides is 1. The molecule has 2 amide bonds. The van der Waals surface area contributed by atoms with Crippen LogP contribution in [0.1, 0.15) is 27.2 Å². The van der Waals surface area contributed by atoms with Crippen LogP contribution in [-0.2, 0) is 9.59 Å². The van der Waals surface area contributed by atoms with Gasteiger partial charge < -0.3 is 15.4 Å².